The van der Waals surface area contributed by atoms with Crippen molar-refractivity contribution in [3.8, 4) is 0 Å². The largest absolute Gasteiger partial charge is 0.338 e. The molecule has 0 fully saturated rings. The fourth-order valence-corrected chi connectivity index (χ4v) is 2.35. The Morgan fingerprint density at radius 2 is 1.64 bits per heavy atom. The van der Waals surface area contributed by atoms with Crippen LogP contribution >= 0.6 is 0 Å². The first kappa shape index (κ1) is 18.3. The lowest BCUT2D eigenvalue weighted by Crippen LogP contribution is -2.31. The van der Waals surface area contributed by atoms with E-state index in [4.69, 9.17) is 0 Å². The molecule has 0 saturated heterocycles. The van der Waals surface area contributed by atoms with Gasteiger partial charge in [-0.1, -0.05) is 0 Å². The Hall–Kier alpha value is -3.02. The Kier molecular flexibility index (Phi) is 6.00. The average molecular weight is 339 g/mol. The number of nitrogens with one attached hydrogen (secondary N) is 1. The number of rotatable bonds is 6. The van der Waals surface area contributed by atoms with Gasteiger partial charge in [0.15, 0.2) is 5.78 Å². The molecule has 6 nitrogen and oxygen atoms in total. The lowest BCUT2D eigenvalue weighted by molar-refractivity contribution is 0.0767. The van der Waals surface area contributed by atoms with Gasteiger partial charge in [-0.05, 0) is 57.2 Å². The van der Waals surface area contributed by atoms with Gasteiger partial charge in [-0.3, -0.25) is 19.4 Å². The van der Waals surface area contributed by atoms with Gasteiger partial charge in [0.2, 0.25) is 0 Å². The molecule has 1 aromatic heterocycles. The van der Waals surface area contributed by atoms with Crippen LogP contribution in [0.4, 0.5) is 5.69 Å². The van der Waals surface area contributed by atoms with Crippen LogP contribution in [0, 0.1) is 0 Å². The molecule has 130 valence electrons. The molecule has 0 unspecified atom stereocenters. The second-order valence-corrected chi connectivity index (χ2v) is 5.49. The van der Waals surface area contributed by atoms with Crippen LogP contribution in [0.15, 0.2) is 42.6 Å². The van der Waals surface area contributed by atoms with Gasteiger partial charge in [0.05, 0.1) is 0 Å². The zero-order valence-corrected chi connectivity index (χ0v) is 14.6. The van der Waals surface area contributed by atoms with Gasteiger partial charge < -0.3 is 10.2 Å². The number of hydrogen-bond donors (Lipinski definition) is 1. The van der Waals surface area contributed by atoms with Crippen LogP contribution in [0.5, 0.6) is 0 Å². The Bertz CT molecular complexity index is 781. The first-order valence-corrected chi connectivity index (χ1v) is 8.14. The smallest absolute Gasteiger partial charge is 0.272 e. The number of pyridine rings is 1. The number of anilines is 1. The summed E-state index contributed by atoms with van der Waals surface area (Å²) in [5, 5.41) is 2.74. The summed E-state index contributed by atoms with van der Waals surface area (Å²) in [6.45, 7) is 6.43. The molecule has 0 saturated carbocycles. The van der Waals surface area contributed by atoms with E-state index in [1.807, 2.05) is 13.8 Å². The molecule has 0 radical (unpaired) electrons. The van der Waals surface area contributed by atoms with Crippen LogP contribution in [-0.4, -0.2) is 40.6 Å². The molecule has 2 amide bonds. The topological polar surface area (TPSA) is 79.4 Å². The molecule has 1 N–H and O–H groups in total. The third-order valence-corrected chi connectivity index (χ3v) is 3.84. The molecule has 0 spiro atoms. The summed E-state index contributed by atoms with van der Waals surface area (Å²) >= 11 is 0. The Labute approximate surface area is 146 Å². The lowest BCUT2D eigenvalue weighted by Gasteiger charge is -2.18. The molecule has 0 aliphatic carbocycles. The summed E-state index contributed by atoms with van der Waals surface area (Å²) in [5.41, 5.74) is 1.74. The number of ketones is 1. The fraction of sp³-hybridized carbons (Fsp3) is 0.263. The van der Waals surface area contributed by atoms with E-state index in [0.717, 1.165) is 0 Å². The Morgan fingerprint density at radius 1 is 1.00 bits per heavy atom. The van der Waals surface area contributed by atoms with Crippen molar-refractivity contribution < 1.29 is 14.4 Å². The molecule has 2 aromatic rings. The third kappa shape index (κ3) is 4.50. The van der Waals surface area contributed by atoms with Gasteiger partial charge in [0.25, 0.3) is 11.8 Å². The molecule has 6 heteroatoms. The molecule has 0 aliphatic rings. The number of carbonyl (C=O) groups is 3. The van der Waals surface area contributed by atoms with Crippen LogP contribution in [0.1, 0.15) is 52.0 Å². The highest BCUT2D eigenvalue weighted by Crippen LogP contribution is 2.13. The molecule has 0 aliphatic heterocycles. The minimum Gasteiger partial charge on any atom is -0.338 e. The first-order valence-electron chi connectivity index (χ1n) is 8.14. The van der Waals surface area contributed by atoms with E-state index >= 15 is 0 Å². The van der Waals surface area contributed by atoms with E-state index in [-0.39, 0.29) is 23.3 Å². The SMILES string of the molecule is CCN(CC)C(=O)c1cc(C(=O)Nc2ccc(C(C)=O)cc2)ccn1. The minimum atomic E-state index is -0.341. The third-order valence-electron chi connectivity index (χ3n) is 3.84. The quantitative estimate of drug-likeness (QED) is 0.821. The van der Waals surface area contributed by atoms with Crippen molar-refractivity contribution in [2.75, 3.05) is 18.4 Å². The summed E-state index contributed by atoms with van der Waals surface area (Å²) in [5.74, 6) is -0.580. The van der Waals surface area contributed by atoms with Crippen LogP contribution in [-0.2, 0) is 0 Å². The van der Waals surface area contributed by atoms with E-state index in [0.29, 0.717) is 29.9 Å². The molecule has 25 heavy (non-hydrogen) atoms. The fourth-order valence-electron chi connectivity index (χ4n) is 2.35. The normalized spacial score (nSPS) is 10.2. The van der Waals surface area contributed by atoms with Gasteiger partial charge >= 0.3 is 0 Å². The summed E-state index contributed by atoms with van der Waals surface area (Å²) in [6, 6.07) is 9.67. The van der Waals surface area contributed by atoms with Gasteiger partial charge in [-0.25, -0.2) is 0 Å². The number of Topliss-reactive ketones (excluding diaryl/α,β-unsaturated/α-hetero) is 1. The van der Waals surface area contributed by atoms with Crippen LogP contribution < -0.4 is 5.32 Å². The number of hydrogen-bond acceptors (Lipinski definition) is 4. The summed E-state index contributed by atoms with van der Waals surface area (Å²) < 4.78 is 0. The van der Waals surface area contributed by atoms with Crippen molar-refractivity contribution >= 4 is 23.3 Å². The van der Waals surface area contributed by atoms with Crippen molar-refractivity contribution in [3.63, 3.8) is 0 Å². The van der Waals surface area contributed by atoms with E-state index in [9.17, 15) is 14.4 Å². The molecule has 2 rings (SSSR count). The second kappa shape index (κ2) is 8.19. The highest BCUT2D eigenvalue weighted by molar-refractivity contribution is 6.06. The van der Waals surface area contributed by atoms with E-state index in [1.54, 1.807) is 35.2 Å². The van der Waals surface area contributed by atoms with Crippen molar-refractivity contribution in [1.82, 2.24) is 9.88 Å². The maximum Gasteiger partial charge on any atom is 0.272 e. The molecule has 0 atom stereocenters. The summed E-state index contributed by atoms with van der Waals surface area (Å²) in [4.78, 5) is 41.7. The van der Waals surface area contributed by atoms with Gasteiger partial charge in [0.1, 0.15) is 5.69 Å². The minimum absolute atomic E-state index is 0.0356. The monoisotopic (exact) mass is 339 g/mol. The molecule has 1 aromatic carbocycles. The molecule has 1 heterocycles. The van der Waals surface area contributed by atoms with Crippen molar-refractivity contribution in [3.05, 3.63) is 59.4 Å². The highest BCUT2D eigenvalue weighted by atomic mass is 16.2. The van der Waals surface area contributed by atoms with E-state index in [2.05, 4.69) is 10.3 Å². The number of nitrogens with zero attached hydrogens (tertiary/aromatic N) is 2. The number of amides is 2. The summed E-state index contributed by atoms with van der Waals surface area (Å²) in [6.07, 6.45) is 1.45. The van der Waals surface area contributed by atoms with Crippen molar-refractivity contribution in [1.29, 1.82) is 0 Å². The zero-order chi connectivity index (χ0) is 18.4. The van der Waals surface area contributed by atoms with Crippen LogP contribution in [0.2, 0.25) is 0 Å². The number of carbonyl (C=O) groups excluding carboxylic acids is 3. The predicted molar refractivity (Wildman–Crippen MR) is 95.9 cm³/mol. The number of aromatic nitrogens is 1. The van der Waals surface area contributed by atoms with Gasteiger partial charge in [0, 0.05) is 36.1 Å². The second-order valence-electron chi connectivity index (χ2n) is 5.49. The lowest BCUT2D eigenvalue weighted by atomic mass is 10.1. The van der Waals surface area contributed by atoms with Crippen molar-refractivity contribution in [2.45, 2.75) is 20.8 Å². The summed E-state index contributed by atoms with van der Waals surface area (Å²) in [7, 11) is 0. The predicted octanol–water partition coefficient (Wildman–Crippen LogP) is 3.02. The maximum atomic E-state index is 12.4. The Balaban J connectivity index is 2.15. The molecular formula is C19H21N3O3. The maximum absolute atomic E-state index is 12.4. The van der Waals surface area contributed by atoms with E-state index in [1.165, 1.54) is 19.2 Å². The average Bonchev–Trinajstić information content (AvgIpc) is 2.63. The van der Waals surface area contributed by atoms with Crippen LogP contribution in [0.25, 0.3) is 0 Å². The standard InChI is InChI=1S/C19H21N3O3/c1-4-22(5-2)19(25)17-12-15(10-11-20-17)18(24)21-16-8-6-14(7-9-16)13(3)23/h6-12H,4-5H2,1-3H3,(H,21,24). The molecular weight excluding hydrogens is 318 g/mol. The van der Waals surface area contributed by atoms with Gasteiger partial charge in [-0.15, -0.1) is 0 Å². The van der Waals surface area contributed by atoms with Crippen LogP contribution in [0.3, 0.4) is 0 Å². The number of benzene rings is 1. The van der Waals surface area contributed by atoms with Crippen molar-refractivity contribution in [2.24, 2.45) is 0 Å². The highest BCUT2D eigenvalue weighted by Gasteiger charge is 2.16. The molecule has 0 bridgehead atoms. The van der Waals surface area contributed by atoms with E-state index < -0.39 is 0 Å². The Morgan fingerprint density at radius 3 is 2.20 bits per heavy atom. The van der Waals surface area contributed by atoms with Gasteiger partial charge in [-0.2, -0.15) is 0 Å². The first-order chi connectivity index (χ1) is 12.0. The zero-order valence-electron chi connectivity index (χ0n) is 14.6.